The van der Waals surface area contributed by atoms with Gasteiger partial charge < -0.3 is 5.32 Å². The summed E-state index contributed by atoms with van der Waals surface area (Å²) in [5.41, 5.74) is -0.855. The van der Waals surface area contributed by atoms with Gasteiger partial charge in [-0.25, -0.2) is 4.39 Å². The van der Waals surface area contributed by atoms with E-state index in [0.717, 1.165) is 6.07 Å². The standard InChI is InChI=1S/C9H9F4N/c10-5-6-14-8-4-2-1-3-7(8)9(11,12)13/h1-4,14H,5-6H2. The fraction of sp³-hybridized carbons (Fsp3) is 0.333. The van der Waals surface area contributed by atoms with Crippen LogP contribution in [0.4, 0.5) is 23.2 Å². The molecule has 0 aliphatic rings. The van der Waals surface area contributed by atoms with E-state index in [-0.39, 0.29) is 12.2 Å². The molecule has 0 heterocycles. The van der Waals surface area contributed by atoms with Gasteiger partial charge in [-0.05, 0) is 12.1 Å². The zero-order valence-corrected chi connectivity index (χ0v) is 7.24. The minimum atomic E-state index is -4.40. The van der Waals surface area contributed by atoms with E-state index in [0.29, 0.717) is 0 Å². The molecule has 0 aliphatic heterocycles. The fourth-order valence-corrected chi connectivity index (χ4v) is 1.07. The summed E-state index contributed by atoms with van der Waals surface area (Å²) in [6.07, 6.45) is -4.40. The molecule has 0 aromatic heterocycles. The van der Waals surface area contributed by atoms with Gasteiger partial charge >= 0.3 is 6.18 Å². The number of halogens is 4. The Morgan fingerprint density at radius 2 is 1.79 bits per heavy atom. The molecule has 0 spiro atoms. The molecule has 0 saturated carbocycles. The van der Waals surface area contributed by atoms with Gasteiger partial charge in [-0.1, -0.05) is 12.1 Å². The van der Waals surface area contributed by atoms with Crippen LogP contribution in [0.3, 0.4) is 0 Å². The second-order valence-corrected chi connectivity index (χ2v) is 2.66. The number of rotatable bonds is 3. The van der Waals surface area contributed by atoms with Crippen molar-refractivity contribution in [1.82, 2.24) is 0 Å². The van der Waals surface area contributed by atoms with Crippen molar-refractivity contribution in [2.75, 3.05) is 18.5 Å². The third-order valence-electron chi connectivity index (χ3n) is 1.64. The largest absolute Gasteiger partial charge is 0.418 e. The van der Waals surface area contributed by atoms with Crippen LogP contribution in [0.1, 0.15) is 5.56 Å². The van der Waals surface area contributed by atoms with Crippen LogP contribution >= 0.6 is 0 Å². The average Bonchev–Trinajstić information content (AvgIpc) is 2.14. The van der Waals surface area contributed by atoms with Crippen molar-refractivity contribution in [3.05, 3.63) is 29.8 Å². The van der Waals surface area contributed by atoms with Crippen molar-refractivity contribution < 1.29 is 17.6 Å². The Kier molecular flexibility index (Phi) is 3.33. The lowest BCUT2D eigenvalue weighted by molar-refractivity contribution is -0.136. The van der Waals surface area contributed by atoms with Crippen molar-refractivity contribution in [2.45, 2.75) is 6.18 Å². The molecule has 1 N–H and O–H groups in total. The predicted octanol–water partition coefficient (Wildman–Crippen LogP) is 3.09. The molecule has 0 amide bonds. The molecule has 78 valence electrons. The van der Waals surface area contributed by atoms with Crippen LogP contribution in [-0.2, 0) is 6.18 Å². The van der Waals surface area contributed by atoms with Crippen LogP contribution in [0.5, 0.6) is 0 Å². The zero-order valence-electron chi connectivity index (χ0n) is 7.24. The van der Waals surface area contributed by atoms with Crippen molar-refractivity contribution in [3.8, 4) is 0 Å². The maximum absolute atomic E-state index is 12.3. The second-order valence-electron chi connectivity index (χ2n) is 2.66. The van der Waals surface area contributed by atoms with Gasteiger partial charge in [0.2, 0.25) is 0 Å². The summed E-state index contributed by atoms with van der Waals surface area (Å²) in [5.74, 6) is 0. The highest BCUT2D eigenvalue weighted by Gasteiger charge is 2.32. The Hall–Kier alpha value is -1.26. The number of benzene rings is 1. The van der Waals surface area contributed by atoms with Crippen LogP contribution in [0.25, 0.3) is 0 Å². The van der Waals surface area contributed by atoms with Crippen molar-refractivity contribution in [1.29, 1.82) is 0 Å². The molecule has 0 atom stereocenters. The van der Waals surface area contributed by atoms with E-state index in [4.69, 9.17) is 0 Å². The molecule has 0 aliphatic carbocycles. The molecule has 1 rings (SSSR count). The van der Waals surface area contributed by atoms with E-state index >= 15 is 0 Å². The van der Waals surface area contributed by atoms with E-state index in [9.17, 15) is 17.6 Å². The van der Waals surface area contributed by atoms with E-state index in [2.05, 4.69) is 5.32 Å². The maximum atomic E-state index is 12.3. The fourth-order valence-electron chi connectivity index (χ4n) is 1.07. The second kappa shape index (κ2) is 4.30. The molecule has 0 bridgehead atoms. The van der Waals surface area contributed by atoms with Gasteiger partial charge in [0.1, 0.15) is 6.67 Å². The summed E-state index contributed by atoms with van der Waals surface area (Å²) in [7, 11) is 0. The topological polar surface area (TPSA) is 12.0 Å². The molecular weight excluding hydrogens is 198 g/mol. The molecule has 0 radical (unpaired) electrons. The Morgan fingerprint density at radius 1 is 1.14 bits per heavy atom. The van der Waals surface area contributed by atoms with E-state index in [1.54, 1.807) is 0 Å². The van der Waals surface area contributed by atoms with Gasteiger partial charge in [-0.15, -0.1) is 0 Å². The zero-order chi connectivity index (χ0) is 10.6. The highest BCUT2D eigenvalue weighted by atomic mass is 19.4. The lowest BCUT2D eigenvalue weighted by atomic mass is 10.1. The van der Waals surface area contributed by atoms with Crippen LogP contribution in [0.15, 0.2) is 24.3 Å². The first kappa shape index (κ1) is 10.8. The third-order valence-corrected chi connectivity index (χ3v) is 1.64. The number of anilines is 1. The molecule has 1 aromatic rings. The summed E-state index contributed by atoms with van der Waals surface area (Å²) in [5, 5.41) is 2.37. The molecule has 0 unspecified atom stereocenters. The quantitative estimate of drug-likeness (QED) is 0.751. The van der Waals surface area contributed by atoms with Gasteiger partial charge in [-0.2, -0.15) is 13.2 Å². The molecular formula is C9H9F4N. The predicted molar refractivity (Wildman–Crippen MR) is 45.9 cm³/mol. The maximum Gasteiger partial charge on any atom is 0.418 e. The van der Waals surface area contributed by atoms with Crippen LogP contribution < -0.4 is 5.32 Å². The van der Waals surface area contributed by atoms with Gasteiger partial charge in [0.15, 0.2) is 0 Å². The molecule has 1 aromatic carbocycles. The highest BCUT2D eigenvalue weighted by Crippen LogP contribution is 2.34. The van der Waals surface area contributed by atoms with Crippen molar-refractivity contribution in [2.24, 2.45) is 0 Å². The minimum absolute atomic E-state index is 0.0855. The third kappa shape index (κ3) is 2.61. The summed E-state index contributed by atoms with van der Waals surface area (Å²) >= 11 is 0. The first-order chi connectivity index (χ1) is 6.55. The molecule has 0 fully saturated rings. The van der Waals surface area contributed by atoms with Gasteiger partial charge in [0, 0.05) is 12.2 Å². The monoisotopic (exact) mass is 207 g/mol. The number of alkyl halides is 4. The normalized spacial score (nSPS) is 11.4. The first-order valence-corrected chi connectivity index (χ1v) is 4.02. The number of hydrogen-bond donors (Lipinski definition) is 1. The Balaban J connectivity index is 2.92. The smallest absolute Gasteiger partial charge is 0.382 e. The van der Waals surface area contributed by atoms with E-state index in [1.165, 1.54) is 18.2 Å². The highest BCUT2D eigenvalue weighted by molar-refractivity contribution is 5.52. The summed E-state index contributed by atoms with van der Waals surface area (Å²) in [6, 6.07) is 5.00. The van der Waals surface area contributed by atoms with Crippen LogP contribution in [0.2, 0.25) is 0 Å². The summed E-state index contributed by atoms with van der Waals surface area (Å²) < 4.78 is 48.8. The van der Waals surface area contributed by atoms with Gasteiger partial charge in [0.05, 0.1) is 5.56 Å². The lowest BCUT2D eigenvalue weighted by Gasteiger charge is -2.13. The SMILES string of the molecule is FCCNc1ccccc1C(F)(F)F. The van der Waals surface area contributed by atoms with Gasteiger partial charge in [-0.3, -0.25) is 0 Å². The van der Waals surface area contributed by atoms with Crippen LogP contribution in [0, 0.1) is 0 Å². The van der Waals surface area contributed by atoms with Crippen LogP contribution in [-0.4, -0.2) is 13.2 Å². The number of nitrogens with one attached hydrogen (secondary N) is 1. The summed E-state index contributed by atoms with van der Waals surface area (Å²) in [4.78, 5) is 0. The first-order valence-electron chi connectivity index (χ1n) is 4.02. The molecule has 5 heteroatoms. The average molecular weight is 207 g/mol. The Labute approximate surface area is 78.7 Å². The molecule has 14 heavy (non-hydrogen) atoms. The van der Waals surface area contributed by atoms with E-state index < -0.39 is 18.4 Å². The molecule has 0 saturated heterocycles. The van der Waals surface area contributed by atoms with Crippen molar-refractivity contribution >= 4 is 5.69 Å². The van der Waals surface area contributed by atoms with Gasteiger partial charge in [0.25, 0.3) is 0 Å². The summed E-state index contributed by atoms with van der Waals surface area (Å²) in [6.45, 7) is -0.820. The number of para-hydroxylation sites is 1. The number of hydrogen-bond acceptors (Lipinski definition) is 1. The Morgan fingerprint density at radius 3 is 2.36 bits per heavy atom. The van der Waals surface area contributed by atoms with Crippen molar-refractivity contribution in [3.63, 3.8) is 0 Å². The minimum Gasteiger partial charge on any atom is -0.382 e. The Bertz CT molecular complexity index is 295. The van der Waals surface area contributed by atoms with E-state index in [1.807, 2.05) is 0 Å². The lowest BCUT2D eigenvalue weighted by Crippen LogP contribution is -2.12. The molecule has 1 nitrogen and oxygen atoms in total.